The Balaban J connectivity index is 0.632. The summed E-state index contributed by atoms with van der Waals surface area (Å²) in [7, 11) is 5.41. The van der Waals surface area contributed by atoms with Crippen molar-refractivity contribution in [2.45, 2.75) is 165 Å². The number of urea groups is 1. The fourth-order valence-corrected chi connectivity index (χ4v) is 18.2. The number of methoxy groups -OCH3 is 1. The molecule has 38 nitrogen and oxygen atoms in total. The zero-order valence-electron chi connectivity index (χ0n) is 82.2. The van der Waals surface area contributed by atoms with Crippen molar-refractivity contribution in [2.24, 2.45) is 70.8 Å². The van der Waals surface area contributed by atoms with E-state index in [1.54, 1.807) is 44.2 Å². The van der Waals surface area contributed by atoms with Gasteiger partial charge in [0.2, 0.25) is 46.3 Å². The quantitative estimate of drug-likeness (QED) is 0.00345. The van der Waals surface area contributed by atoms with E-state index in [2.05, 4.69) is 51.8 Å². The van der Waals surface area contributed by atoms with Gasteiger partial charge in [-0.05, 0) is 92.7 Å². The Labute approximate surface area is 804 Å². The van der Waals surface area contributed by atoms with E-state index in [9.17, 15) is 63.3 Å². The van der Waals surface area contributed by atoms with Gasteiger partial charge >= 0.3 is 17.8 Å². The number of carbonyl (C=O) groups excluding carboxylic acids is 9. The molecular formula is C100H141N10O28+. The average Bonchev–Trinajstić information content (AvgIpc) is 1.46. The van der Waals surface area contributed by atoms with Crippen LogP contribution in [-0.4, -0.2) is 279 Å². The molecule has 5 aliphatic rings. The van der Waals surface area contributed by atoms with Gasteiger partial charge in [-0.25, -0.2) is 9.78 Å². The summed E-state index contributed by atoms with van der Waals surface area (Å²) in [5, 5.41) is 52.0. The van der Waals surface area contributed by atoms with Crippen LogP contribution in [-0.2, 0) is 97.0 Å². The molecule has 0 spiro atoms. The molecular weight excluding hydrogens is 1790 g/mol. The molecule has 9 amide bonds. The number of aliphatic hydroxyl groups excluding tert-OH is 2. The number of hydrogen-bond donors (Lipinski definition) is 10. The number of rotatable bonds is 49. The van der Waals surface area contributed by atoms with E-state index in [4.69, 9.17) is 76.7 Å². The number of allylic oxidation sites excluding steroid dienone is 4. The second-order valence-corrected chi connectivity index (χ2v) is 37.5. The lowest BCUT2D eigenvalue weighted by Crippen LogP contribution is -2.54. The summed E-state index contributed by atoms with van der Waals surface area (Å²) >= 11 is 0. The van der Waals surface area contributed by atoms with Gasteiger partial charge in [0.25, 0.3) is 5.91 Å². The second kappa shape index (κ2) is 51.2. The number of phenolic OH excluding ortho intramolecular Hbond substituents is 1. The van der Waals surface area contributed by atoms with E-state index < -0.39 is 123 Å². The monoisotopic (exact) mass is 1930 g/mol. The first-order valence-electron chi connectivity index (χ1n) is 47.6. The van der Waals surface area contributed by atoms with Crippen LogP contribution in [0.15, 0.2) is 98.2 Å². The van der Waals surface area contributed by atoms with E-state index in [1.807, 2.05) is 60.8 Å². The molecule has 6 bridgehead atoms. The van der Waals surface area contributed by atoms with E-state index in [1.165, 1.54) is 69.7 Å². The molecule has 1 saturated heterocycles. The van der Waals surface area contributed by atoms with Crippen molar-refractivity contribution in [1.29, 1.82) is 0 Å². The molecule has 2 aliphatic carbocycles. The molecule has 15 atom stereocenters. The van der Waals surface area contributed by atoms with Crippen LogP contribution < -0.4 is 63.2 Å². The summed E-state index contributed by atoms with van der Waals surface area (Å²) in [4.78, 5) is 154. The number of nitrogens with zero attached hydrogens (tertiary/aromatic N) is 3. The first kappa shape index (κ1) is 109. The standard InChI is InChI=1S/C100H140N10O28/c1-56(2)70-51-67-52-71(70)79-78(67)97(122)109(98(79)123)31-26-76(113)102-30-35-127-38-40-129-42-44-131-46-48-133-50-49-132-47-45-130-43-41-128-39-37-126-33-28-77(114)106-83(57(3)4)96(121)105-72(21-18-29-103-99(101)124)95(120)104-68-24-22-66(23-25-68)55-110(14,15)32-36-134-69-53-73(112)84-75(54-69)137-92-85(107-84)80-81-88(116)64(11)91-82(80)93(118)100(13,138-91)135-34-27-74(125-16)63(10)90(136-65(12)111)62(9)60(7)61(8)87(115)58(5)19-17-20-59(6)94(119)108-86(92)89(81)117/h17,19-20,22-25,27,34,51,53-54,56-58,60-63,67,71-72,74,78-79,83,87,90,115H,18,21,26,28-33,35-50,52,55H2,1-16H3,(H9-,101,102,103,104,105,106,107,108,112,113,114,116,117,118,119,120,121,124)/p+1/b19-17+,34-27+,59-20-/t58-,60+,61-,62+,63+,67?,71?,72-,74-,78?,79?,83-,87-,90-,100-/m0/s1. The molecule has 38 heteroatoms. The number of amides is 9. The first-order chi connectivity index (χ1) is 65.8. The van der Waals surface area contributed by atoms with E-state index in [0.717, 1.165) is 12.0 Å². The maximum Gasteiger partial charge on any atom is 0.312 e. The fourth-order valence-electron chi connectivity index (χ4n) is 18.2. The van der Waals surface area contributed by atoms with E-state index in [-0.39, 0.29) is 180 Å². The number of anilines is 2. The molecule has 0 radical (unpaired) electrons. The van der Waals surface area contributed by atoms with Gasteiger partial charge in [-0.15, -0.1) is 0 Å². The molecule has 4 heterocycles. The molecule has 2 fully saturated rings. The van der Waals surface area contributed by atoms with Gasteiger partial charge < -0.3 is 123 Å². The Bertz CT molecular complexity index is 5410. The summed E-state index contributed by atoms with van der Waals surface area (Å²) in [6.45, 7) is 29.5. The lowest BCUT2D eigenvalue weighted by Gasteiger charge is -2.39. The van der Waals surface area contributed by atoms with Crippen molar-refractivity contribution < 1.29 is 129 Å². The highest BCUT2D eigenvalue weighted by Gasteiger charge is 2.61. The van der Waals surface area contributed by atoms with Crippen molar-refractivity contribution in [3.05, 3.63) is 121 Å². The fraction of sp³-hybridized carbons (Fsp3) is 0.600. The third-order valence-electron chi connectivity index (χ3n) is 26.3. The van der Waals surface area contributed by atoms with Gasteiger partial charge in [-0.1, -0.05) is 104 Å². The number of aliphatic hydroxyl groups is 2. The zero-order chi connectivity index (χ0) is 100. The third kappa shape index (κ3) is 28.6. The Kier molecular flexibility index (Phi) is 40.4. The molecule has 1 saturated carbocycles. The van der Waals surface area contributed by atoms with Crippen molar-refractivity contribution in [3.63, 3.8) is 0 Å². The number of aromatic nitrogens is 1. The molecule has 5 aromatic rings. The molecule has 1 aromatic heterocycles. The number of primary amides is 1. The maximum atomic E-state index is 15.2. The van der Waals surface area contributed by atoms with Gasteiger partial charge in [0.05, 0.1) is 161 Å². The third-order valence-corrected chi connectivity index (χ3v) is 26.3. The Morgan fingerprint density at radius 1 is 0.703 bits per heavy atom. The van der Waals surface area contributed by atoms with Crippen LogP contribution in [0.4, 0.5) is 16.2 Å². The molecule has 4 unspecified atom stereocenters. The Morgan fingerprint density at radius 2 is 1.31 bits per heavy atom. The first-order valence-corrected chi connectivity index (χ1v) is 47.6. The average molecular weight is 1930 g/mol. The lowest BCUT2D eigenvalue weighted by atomic mass is 9.73. The van der Waals surface area contributed by atoms with Crippen LogP contribution in [0.5, 0.6) is 17.2 Å². The normalized spacial score (nSPS) is 23.5. The second-order valence-electron chi connectivity index (χ2n) is 37.5. The number of likely N-dealkylation sites (tertiary alicyclic amines) is 1. The summed E-state index contributed by atoms with van der Waals surface area (Å²) in [6, 6.07) is 6.83. The molecule has 758 valence electrons. The number of aromatic hydroxyl groups is 1. The number of nitrogens with two attached hydrogens (primary N) is 1. The Morgan fingerprint density at radius 3 is 1.91 bits per heavy atom. The summed E-state index contributed by atoms with van der Waals surface area (Å²) < 4.78 is 82.2. The SMILES string of the molecule is CO[C@H]1/C=C/O[C@@]2(C)Oc3c(C)c(O)c4c(=O)c(c5oc6cc(OCC[N+](C)(C)Cc7ccc(NC(=O)[C@H](CCCNC(N)=O)NC(=O)[C@@H](NC(=O)CCOCCOCCOCCOCCOCCOCCOCCOCCNC(=O)CCN8C(=O)C9C%10C=C(C(C)C)C(C%10)C9C8=O)C(C)C)cc7)cc(=O)c6nc5c4c3=C2O)NC(=O)/C(C)=C\C=C\[C@H](C)[C@H](O)[C@@H](C)[C@@H](C)[C@@H](C)[C@H](OC(C)=O)[C@@H]1C. The molecule has 11 N–H and O–H groups in total. The van der Waals surface area contributed by atoms with Crippen molar-refractivity contribution in [1.82, 2.24) is 31.2 Å². The highest BCUT2D eigenvalue weighted by atomic mass is 16.7. The number of likely N-dealkylation sites (N-methyl/N-ethyl adjacent to an activating group) is 1. The van der Waals surface area contributed by atoms with E-state index in [0.29, 0.717) is 122 Å². The number of quaternary nitrogens is 1. The topological polar surface area (TPSA) is 496 Å². The minimum Gasteiger partial charge on any atom is -0.507 e. The van der Waals surface area contributed by atoms with Crippen LogP contribution in [0, 0.1) is 72.0 Å². The maximum absolute atomic E-state index is 15.2. The number of imide groups is 1. The van der Waals surface area contributed by atoms with Gasteiger partial charge in [-0.3, -0.25) is 52.8 Å². The predicted molar refractivity (Wildman–Crippen MR) is 512 cm³/mol. The highest BCUT2D eigenvalue weighted by Crippen LogP contribution is 2.57. The van der Waals surface area contributed by atoms with Crippen molar-refractivity contribution in [2.75, 3.05) is 170 Å². The largest absolute Gasteiger partial charge is 0.507 e. The summed E-state index contributed by atoms with van der Waals surface area (Å²) in [5.41, 5.74) is 4.95. The minimum absolute atomic E-state index is 0.00964. The number of nitrogens with one attached hydrogen (secondary N) is 6. The number of carbonyl (C=O) groups is 9. The van der Waals surface area contributed by atoms with Gasteiger partial charge in [0.15, 0.2) is 22.4 Å². The van der Waals surface area contributed by atoms with Crippen LogP contribution in [0.1, 0.15) is 126 Å². The lowest BCUT2D eigenvalue weighted by molar-refractivity contribution is -0.903. The number of phenols is 1. The smallest absolute Gasteiger partial charge is 0.312 e. The number of fused-ring (bicyclic) bond motifs is 7. The van der Waals surface area contributed by atoms with Crippen molar-refractivity contribution >= 4 is 103 Å². The highest BCUT2D eigenvalue weighted by molar-refractivity contribution is 6.17. The van der Waals surface area contributed by atoms with Gasteiger partial charge in [0, 0.05) is 105 Å². The molecule has 10 rings (SSSR count). The van der Waals surface area contributed by atoms with Gasteiger partial charge in [-0.2, -0.15) is 0 Å². The summed E-state index contributed by atoms with van der Waals surface area (Å²) in [6.07, 6.45) is 8.74. The minimum atomic E-state index is -2.04. The van der Waals surface area contributed by atoms with Crippen LogP contribution in [0.2, 0.25) is 0 Å². The van der Waals surface area contributed by atoms with Crippen LogP contribution in [0.25, 0.3) is 38.7 Å². The zero-order valence-corrected chi connectivity index (χ0v) is 82.2. The number of hydrogen-bond acceptors (Lipinski definition) is 29. The Hall–Kier alpha value is -11.0. The predicted octanol–water partition coefficient (Wildman–Crippen LogP) is 7.37. The van der Waals surface area contributed by atoms with Crippen LogP contribution >= 0.6 is 0 Å². The molecule has 4 aromatic carbocycles. The molecule has 3 aliphatic heterocycles. The van der Waals surface area contributed by atoms with Gasteiger partial charge in [0.1, 0.15) is 66.3 Å². The van der Waals surface area contributed by atoms with Crippen molar-refractivity contribution in [3.8, 4) is 17.2 Å². The number of esters is 1. The summed E-state index contributed by atoms with van der Waals surface area (Å²) in [5.74, 6) is -8.76. The number of ether oxygens (including phenoxy) is 13. The van der Waals surface area contributed by atoms with E-state index >= 15 is 4.79 Å². The van der Waals surface area contributed by atoms with Crippen LogP contribution in [0.3, 0.4) is 0 Å². The molecule has 138 heavy (non-hydrogen) atoms. The number of benzene rings is 4.